The first kappa shape index (κ1) is 10.3. The number of rotatable bonds is 3. The Kier molecular flexibility index (Phi) is 2.79. The number of nitrogens with zero attached hydrogens (tertiary/aromatic N) is 2. The third kappa shape index (κ3) is 2.06. The molecule has 0 aliphatic heterocycles. The number of hydrogen-bond acceptors (Lipinski definition) is 3. The molecule has 1 atom stereocenters. The van der Waals surface area contributed by atoms with Gasteiger partial charge in [0.05, 0.1) is 11.2 Å². The van der Waals surface area contributed by atoms with E-state index in [1.807, 2.05) is 19.1 Å². The van der Waals surface area contributed by atoms with Crippen LogP contribution in [0.3, 0.4) is 0 Å². The van der Waals surface area contributed by atoms with Gasteiger partial charge in [0, 0.05) is 12.7 Å². The molecule has 0 amide bonds. The molecule has 0 saturated heterocycles. The second-order valence-electron chi connectivity index (χ2n) is 3.34. The summed E-state index contributed by atoms with van der Waals surface area (Å²) < 4.78 is 7.23. The zero-order valence-corrected chi connectivity index (χ0v) is 9.11. The van der Waals surface area contributed by atoms with Gasteiger partial charge in [-0.25, -0.2) is 0 Å². The van der Waals surface area contributed by atoms with Crippen molar-refractivity contribution in [3.05, 3.63) is 41.1 Å². The van der Waals surface area contributed by atoms with Crippen LogP contribution in [0, 0.1) is 6.92 Å². The van der Waals surface area contributed by atoms with Crippen LogP contribution in [-0.4, -0.2) is 16.3 Å². The lowest BCUT2D eigenvalue weighted by molar-refractivity contribution is 0.398. The van der Waals surface area contributed by atoms with E-state index in [1.165, 1.54) is 0 Å². The molecule has 2 heterocycles. The summed E-state index contributed by atoms with van der Waals surface area (Å²) in [5.41, 5.74) is 5.69. The van der Waals surface area contributed by atoms with Crippen LogP contribution in [0.2, 0.25) is 5.02 Å². The van der Waals surface area contributed by atoms with Crippen molar-refractivity contribution in [2.24, 2.45) is 5.73 Å². The van der Waals surface area contributed by atoms with Crippen molar-refractivity contribution < 1.29 is 4.42 Å². The molecule has 0 bridgehead atoms. The molecule has 80 valence electrons. The molecular formula is C10H12ClN3O. The number of furan rings is 1. The summed E-state index contributed by atoms with van der Waals surface area (Å²) >= 11 is 5.80. The predicted molar refractivity (Wildman–Crippen MR) is 57.9 cm³/mol. The zero-order valence-electron chi connectivity index (χ0n) is 8.35. The van der Waals surface area contributed by atoms with Crippen molar-refractivity contribution in [3.8, 4) is 0 Å². The number of halogens is 1. The number of nitrogens with two attached hydrogens (primary N) is 1. The maximum absolute atomic E-state index is 5.80. The Hall–Kier alpha value is -1.26. The molecule has 0 aliphatic carbocycles. The van der Waals surface area contributed by atoms with Crippen molar-refractivity contribution >= 4 is 11.6 Å². The summed E-state index contributed by atoms with van der Waals surface area (Å²) in [7, 11) is 0. The minimum Gasteiger partial charge on any atom is -0.464 e. The van der Waals surface area contributed by atoms with E-state index in [4.69, 9.17) is 21.8 Å². The lowest BCUT2D eigenvalue weighted by Gasteiger charge is -2.12. The Morgan fingerprint density at radius 1 is 1.60 bits per heavy atom. The molecule has 5 heteroatoms. The lowest BCUT2D eigenvalue weighted by atomic mass is 10.2. The van der Waals surface area contributed by atoms with Gasteiger partial charge in [-0.05, 0) is 19.1 Å². The summed E-state index contributed by atoms with van der Waals surface area (Å²) in [4.78, 5) is 0. The van der Waals surface area contributed by atoms with Gasteiger partial charge in [0.25, 0.3) is 0 Å². The minimum atomic E-state index is -0.0915. The van der Waals surface area contributed by atoms with Crippen molar-refractivity contribution in [2.45, 2.75) is 13.0 Å². The monoisotopic (exact) mass is 225 g/mol. The smallest absolute Gasteiger partial charge is 0.130 e. The van der Waals surface area contributed by atoms with Gasteiger partial charge < -0.3 is 10.2 Å². The predicted octanol–water partition coefficient (Wildman–Crippen LogP) is 1.99. The van der Waals surface area contributed by atoms with Gasteiger partial charge in [-0.2, -0.15) is 5.10 Å². The molecule has 1 unspecified atom stereocenters. The SMILES string of the molecule is Cc1ccc(C(CN)n2cc(Cl)cn2)o1. The van der Waals surface area contributed by atoms with Gasteiger partial charge in [-0.1, -0.05) is 11.6 Å². The molecule has 4 nitrogen and oxygen atoms in total. The standard InChI is InChI=1S/C10H12ClN3O/c1-7-2-3-10(15-7)9(4-12)14-6-8(11)5-13-14/h2-3,5-6,9H,4,12H2,1H3. The zero-order chi connectivity index (χ0) is 10.8. The van der Waals surface area contributed by atoms with Crippen LogP contribution in [0.5, 0.6) is 0 Å². The summed E-state index contributed by atoms with van der Waals surface area (Å²) in [6.07, 6.45) is 3.32. The van der Waals surface area contributed by atoms with Crippen LogP contribution in [0.4, 0.5) is 0 Å². The fourth-order valence-electron chi connectivity index (χ4n) is 1.47. The van der Waals surface area contributed by atoms with Gasteiger partial charge in [-0.15, -0.1) is 0 Å². The van der Waals surface area contributed by atoms with Gasteiger partial charge in [0.2, 0.25) is 0 Å². The average molecular weight is 226 g/mol. The van der Waals surface area contributed by atoms with E-state index >= 15 is 0 Å². The van der Waals surface area contributed by atoms with E-state index in [2.05, 4.69) is 5.10 Å². The third-order valence-electron chi connectivity index (χ3n) is 2.20. The van der Waals surface area contributed by atoms with Gasteiger partial charge >= 0.3 is 0 Å². The van der Waals surface area contributed by atoms with Crippen LogP contribution in [0.1, 0.15) is 17.6 Å². The highest BCUT2D eigenvalue weighted by molar-refractivity contribution is 6.30. The van der Waals surface area contributed by atoms with Crippen LogP contribution >= 0.6 is 11.6 Å². The molecule has 0 spiro atoms. The Bertz CT molecular complexity index is 409. The quantitative estimate of drug-likeness (QED) is 0.869. The number of aromatic nitrogens is 2. The van der Waals surface area contributed by atoms with Crippen LogP contribution in [0.25, 0.3) is 0 Å². The van der Waals surface area contributed by atoms with E-state index in [-0.39, 0.29) is 6.04 Å². The minimum absolute atomic E-state index is 0.0915. The Morgan fingerprint density at radius 2 is 2.40 bits per heavy atom. The molecule has 0 radical (unpaired) electrons. The van der Waals surface area contributed by atoms with Gasteiger partial charge in [0.1, 0.15) is 17.6 Å². The lowest BCUT2D eigenvalue weighted by Crippen LogP contribution is -2.20. The first-order valence-corrected chi connectivity index (χ1v) is 5.04. The van der Waals surface area contributed by atoms with Crippen molar-refractivity contribution in [3.63, 3.8) is 0 Å². The highest BCUT2D eigenvalue weighted by Gasteiger charge is 2.16. The van der Waals surface area contributed by atoms with Crippen LogP contribution < -0.4 is 5.73 Å². The fraction of sp³-hybridized carbons (Fsp3) is 0.300. The normalized spacial score (nSPS) is 13.0. The van der Waals surface area contributed by atoms with Crippen molar-refractivity contribution in [1.29, 1.82) is 0 Å². The topological polar surface area (TPSA) is 57.0 Å². The van der Waals surface area contributed by atoms with Crippen LogP contribution in [0.15, 0.2) is 28.9 Å². The van der Waals surface area contributed by atoms with Crippen LogP contribution in [-0.2, 0) is 0 Å². The second-order valence-corrected chi connectivity index (χ2v) is 3.77. The Balaban J connectivity index is 2.32. The van der Waals surface area contributed by atoms with Gasteiger partial charge in [-0.3, -0.25) is 4.68 Å². The highest BCUT2D eigenvalue weighted by atomic mass is 35.5. The molecule has 0 aliphatic rings. The summed E-state index contributed by atoms with van der Waals surface area (Å²) in [5.74, 6) is 1.66. The Morgan fingerprint density at radius 3 is 2.87 bits per heavy atom. The summed E-state index contributed by atoms with van der Waals surface area (Å²) in [6, 6.07) is 3.72. The maximum Gasteiger partial charge on any atom is 0.130 e. The van der Waals surface area contributed by atoms with Crippen molar-refractivity contribution in [1.82, 2.24) is 9.78 Å². The maximum atomic E-state index is 5.80. The highest BCUT2D eigenvalue weighted by Crippen LogP contribution is 2.20. The molecule has 0 saturated carbocycles. The third-order valence-corrected chi connectivity index (χ3v) is 2.40. The molecule has 2 rings (SSSR count). The average Bonchev–Trinajstić information content (AvgIpc) is 2.78. The summed E-state index contributed by atoms with van der Waals surface area (Å²) in [6.45, 7) is 2.32. The second kappa shape index (κ2) is 4.08. The first-order chi connectivity index (χ1) is 7.20. The molecule has 2 N–H and O–H groups in total. The van der Waals surface area contributed by atoms with E-state index in [9.17, 15) is 0 Å². The largest absolute Gasteiger partial charge is 0.464 e. The van der Waals surface area contributed by atoms with E-state index in [0.29, 0.717) is 11.6 Å². The van der Waals surface area contributed by atoms with E-state index < -0.39 is 0 Å². The number of aryl methyl sites for hydroxylation is 1. The summed E-state index contributed by atoms with van der Waals surface area (Å²) in [5, 5.41) is 4.71. The molecule has 2 aromatic heterocycles. The molecule has 2 aromatic rings. The van der Waals surface area contributed by atoms with Crippen molar-refractivity contribution in [2.75, 3.05) is 6.54 Å². The van der Waals surface area contributed by atoms with E-state index in [0.717, 1.165) is 11.5 Å². The fourth-order valence-corrected chi connectivity index (χ4v) is 1.62. The van der Waals surface area contributed by atoms with Gasteiger partial charge in [0.15, 0.2) is 0 Å². The molecule has 0 aromatic carbocycles. The first-order valence-electron chi connectivity index (χ1n) is 4.67. The molecule has 0 fully saturated rings. The Labute approximate surface area is 92.6 Å². The number of hydrogen-bond donors (Lipinski definition) is 1. The van der Waals surface area contributed by atoms with E-state index in [1.54, 1.807) is 17.1 Å². The molecular weight excluding hydrogens is 214 g/mol. The molecule has 15 heavy (non-hydrogen) atoms.